The molecule has 1 amide bonds. The van der Waals surface area contributed by atoms with Gasteiger partial charge in [0, 0.05) is 12.7 Å². The lowest BCUT2D eigenvalue weighted by Crippen LogP contribution is -2.24. The number of hydrogen-bond donors (Lipinski definition) is 2. The first-order valence-electron chi connectivity index (χ1n) is 7.50. The summed E-state index contributed by atoms with van der Waals surface area (Å²) in [5.41, 5.74) is -0.00160. The van der Waals surface area contributed by atoms with Crippen LogP contribution in [-0.2, 0) is 9.53 Å². The van der Waals surface area contributed by atoms with Gasteiger partial charge in [0.1, 0.15) is 5.82 Å². The summed E-state index contributed by atoms with van der Waals surface area (Å²) in [5.74, 6) is -2.24. The number of hydrogen-bond acceptors (Lipinski definition) is 5. The number of carboxylic acid groups (broad SMARTS) is 1. The van der Waals surface area contributed by atoms with Crippen molar-refractivity contribution < 1.29 is 33.3 Å². The van der Waals surface area contributed by atoms with Crippen molar-refractivity contribution in [3.8, 4) is 11.5 Å². The van der Waals surface area contributed by atoms with Crippen LogP contribution in [-0.4, -0.2) is 38.3 Å². The van der Waals surface area contributed by atoms with Crippen LogP contribution in [0.1, 0.15) is 22.0 Å². The van der Waals surface area contributed by atoms with Gasteiger partial charge >= 0.3 is 5.97 Å². The van der Waals surface area contributed by atoms with Gasteiger partial charge in [0.05, 0.1) is 25.5 Å². The number of aromatic carboxylic acids is 1. The van der Waals surface area contributed by atoms with E-state index in [0.717, 1.165) is 0 Å². The Morgan fingerprint density at radius 2 is 1.81 bits per heavy atom. The molecule has 0 fully saturated rings. The highest BCUT2D eigenvalue weighted by molar-refractivity contribution is 5.99. The standard InChI is InChI=1S/C18H18FNO6/c1-24-14-9-10(18(22)23)8-13(16(14)26-3)20-17(21)15(25-2)11-6-4-5-7-12(11)19/h4-9,15H,1-3H3,(H,20,21)(H,22,23). The predicted molar refractivity (Wildman–Crippen MR) is 91.3 cm³/mol. The number of amides is 1. The second-order valence-electron chi connectivity index (χ2n) is 5.19. The predicted octanol–water partition coefficient (Wildman–Crippen LogP) is 2.87. The normalized spacial score (nSPS) is 11.5. The van der Waals surface area contributed by atoms with E-state index >= 15 is 0 Å². The Hall–Kier alpha value is -3.13. The molecule has 7 nitrogen and oxygen atoms in total. The minimum atomic E-state index is -1.24. The van der Waals surface area contributed by atoms with E-state index in [9.17, 15) is 19.1 Å². The van der Waals surface area contributed by atoms with Crippen molar-refractivity contribution in [2.45, 2.75) is 6.10 Å². The van der Waals surface area contributed by atoms with E-state index in [1.165, 1.54) is 51.7 Å². The van der Waals surface area contributed by atoms with E-state index in [1.807, 2.05) is 0 Å². The molecule has 0 radical (unpaired) electrons. The molecule has 0 bridgehead atoms. The molecule has 1 atom stereocenters. The third-order valence-corrected chi connectivity index (χ3v) is 3.65. The topological polar surface area (TPSA) is 94.1 Å². The molecular formula is C18H18FNO6. The Morgan fingerprint density at radius 1 is 1.12 bits per heavy atom. The van der Waals surface area contributed by atoms with Crippen molar-refractivity contribution in [1.82, 2.24) is 0 Å². The lowest BCUT2D eigenvalue weighted by Gasteiger charge is -2.19. The molecule has 26 heavy (non-hydrogen) atoms. The Bertz CT molecular complexity index is 823. The van der Waals surface area contributed by atoms with Gasteiger partial charge in [-0.3, -0.25) is 4.79 Å². The first kappa shape index (κ1) is 19.2. The number of anilines is 1. The fraction of sp³-hybridized carbons (Fsp3) is 0.222. The summed E-state index contributed by atoms with van der Waals surface area (Å²) in [6.07, 6.45) is -1.24. The molecule has 0 aliphatic heterocycles. The second kappa shape index (κ2) is 8.30. The van der Waals surface area contributed by atoms with Gasteiger partial charge in [0.15, 0.2) is 17.6 Å². The van der Waals surface area contributed by atoms with Gasteiger partial charge < -0.3 is 24.6 Å². The van der Waals surface area contributed by atoms with Crippen LogP contribution in [0.3, 0.4) is 0 Å². The smallest absolute Gasteiger partial charge is 0.335 e. The van der Waals surface area contributed by atoms with Crippen molar-refractivity contribution in [3.05, 3.63) is 53.3 Å². The van der Waals surface area contributed by atoms with E-state index < -0.39 is 23.8 Å². The van der Waals surface area contributed by atoms with Gasteiger partial charge in [-0.15, -0.1) is 0 Å². The van der Waals surface area contributed by atoms with Crippen molar-refractivity contribution in [1.29, 1.82) is 0 Å². The number of ether oxygens (including phenoxy) is 3. The summed E-state index contributed by atoms with van der Waals surface area (Å²) < 4.78 is 29.4. The number of carbonyl (C=O) groups excluding carboxylic acids is 1. The second-order valence-corrected chi connectivity index (χ2v) is 5.19. The Kier molecular flexibility index (Phi) is 6.13. The number of methoxy groups -OCH3 is 3. The largest absolute Gasteiger partial charge is 0.493 e. The van der Waals surface area contributed by atoms with Crippen molar-refractivity contribution in [2.24, 2.45) is 0 Å². The number of nitrogens with one attached hydrogen (secondary N) is 1. The minimum Gasteiger partial charge on any atom is -0.493 e. The number of rotatable bonds is 7. The van der Waals surface area contributed by atoms with Crippen LogP contribution < -0.4 is 14.8 Å². The quantitative estimate of drug-likeness (QED) is 0.786. The molecule has 0 aromatic heterocycles. The summed E-state index contributed by atoms with van der Waals surface area (Å²) in [4.78, 5) is 23.9. The van der Waals surface area contributed by atoms with Crippen molar-refractivity contribution in [3.63, 3.8) is 0 Å². The molecule has 0 heterocycles. The third kappa shape index (κ3) is 3.92. The van der Waals surface area contributed by atoms with Gasteiger partial charge in [-0.25, -0.2) is 9.18 Å². The van der Waals surface area contributed by atoms with Gasteiger partial charge in [-0.2, -0.15) is 0 Å². The highest BCUT2D eigenvalue weighted by Gasteiger charge is 2.25. The Labute approximate surface area is 149 Å². The fourth-order valence-corrected chi connectivity index (χ4v) is 2.44. The summed E-state index contributed by atoms with van der Waals surface area (Å²) in [5, 5.41) is 11.7. The molecule has 2 N–H and O–H groups in total. The number of benzene rings is 2. The molecule has 8 heteroatoms. The van der Waals surface area contributed by atoms with Crippen LogP contribution in [0.15, 0.2) is 36.4 Å². The molecule has 2 rings (SSSR count). The number of carbonyl (C=O) groups is 2. The van der Waals surface area contributed by atoms with Crippen LogP contribution in [0, 0.1) is 5.82 Å². The maximum atomic E-state index is 14.0. The van der Waals surface area contributed by atoms with Gasteiger partial charge in [0.25, 0.3) is 5.91 Å². The van der Waals surface area contributed by atoms with E-state index in [0.29, 0.717) is 0 Å². The SMILES string of the molecule is COc1cc(C(=O)O)cc(NC(=O)C(OC)c2ccccc2F)c1OC. The van der Waals surface area contributed by atoms with Gasteiger partial charge in [-0.05, 0) is 18.2 Å². The fourth-order valence-electron chi connectivity index (χ4n) is 2.44. The first-order valence-corrected chi connectivity index (χ1v) is 7.50. The molecule has 2 aromatic rings. The van der Waals surface area contributed by atoms with Crippen LogP contribution in [0.25, 0.3) is 0 Å². The molecule has 0 aliphatic rings. The highest BCUT2D eigenvalue weighted by Crippen LogP contribution is 2.37. The molecular weight excluding hydrogens is 345 g/mol. The van der Waals surface area contributed by atoms with Gasteiger partial charge in [0.2, 0.25) is 0 Å². The zero-order valence-corrected chi connectivity index (χ0v) is 14.4. The Balaban J connectivity index is 2.42. The lowest BCUT2D eigenvalue weighted by atomic mass is 10.1. The third-order valence-electron chi connectivity index (χ3n) is 3.65. The average Bonchev–Trinajstić information content (AvgIpc) is 2.63. The Morgan fingerprint density at radius 3 is 2.35 bits per heavy atom. The molecule has 138 valence electrons. The number of carboxylic acids is 1. The van der Waals surface area contributed by atoms with E-state index in [2.05, 4.69) is 5.32 Å². The van der Waals surface area contributed by atoms with Crippen LogP contribution in [0.4, 0.5) is 10.1 Å². The van der Waals surface area contributed by atoms with Crippen LogP contribution in [0.2, 0.25) is 0 Å². The summed E-state index contributed by atoms with van der Waals surface area (Å²) in [6, 6.07) is 8.19. The molecule has 0 aliphatic carbocycles. The monoisotopic (exact) mass is 363 g/mol. The maximum Gasteiger partial charge on any atom is 0.335 e. The number of halogens is 1. The maximum absolute atomic E-state index is 14.0. The summed E-state index contributed by atoms with van der Waals surface area (Å²) in [6.45, 7) is 0. The lowest BCUT2D eigenvalue weighted by molar-refractivity contribution is -0.126. The first-order chi connectivity index (χ1) is 12.4. The average molecular weight is 363 g/mol. The van der Waals surface area contributed by atoms with Crippen LogP contribution in [0.5, 0.6) is 11.5 Å². The van der Waals surface area contributed by atoms with Gasteiger partial charge in [-0.1, -0.05) is 18.2 Å². The van der Waals surface area contributed by atoms with Crippen molar-refractivity contribution in [2.75, 3.05) is 26.6 Å². The van der Waals surface area contributed by atoms with E-state index in [4.69, 9.17) is 14.2 Å². The molecule has 0 saturated heterocycles. The molecule has 0 saturated carbocycles. The minimum absolute atomic E-state index is 0.0489. The zero-order chi connectivity index (χ0) is 19.3. The summed E-state index contributed by atoms with van der Waals surface area (Å²) in [7, 11) is 3.95. The molecule has 2 aromatic carbocycles. The highest BCUT2D eigenvalue weighted by atomic mass is 19.1. The van der Waals surface area contributed by atoms with E-state index in [-0.39, 0.29) is 28.3 Å². The summed E-state index contributed by atoms with van der Waals surface area (Å²) >= 11 is 0. The zero-order valence-electron chi connectivity index (χ0n) is 14.4. The van der Waals surface area contributed by atoms with E-state index in [1.54, 1.807) is 6.07 Å². The van der Waals surface area contributed by atoms with Crippen LogP contribution >= 0.6 is 0 Å². The van der Waals surface area contributed by atoms with Crippen molar-refractivity contribution >= 4 is 17.6 Å². The molecule has 0 spiro atoms. The molecule has 1 unspecified atom stereocenters.